The Balaban J connectivity index is 4.45. The van der Waals surface area contributed by atoms with E-state index >= 15 is 0 Å². The molecule has 0 aromatic heterocycles. The highest BCUT2D eigenvalue weighted by molar-refractivity contribution is 5.77. The van der Waals surface area contributed by atoms with Gasteiger partial charge in [0.25, 0.3) is 0 Å². The Labute approximate surface area is 159 Å². The average molecular weight is 373 g/mol. The second-order valence-electron chi connectivity index (χ2n) is 9.00. The summed E-state index contributed by atoms with van der Waals surface area (Å²) in [5, 5.41) is 2.90. The minimum absolute atomic E-state index is 0.0330. The monoisotopic (exact) mass is 372 g/mol. The van der Waals surface area contributed by atoms with E-state index in [1.807, 2.05) is 48.5 Å². The van der Waals surface area contributed by atoms with Crippen LogP contribution in [0.5, 0.6) is 0 Å². The number of Topliss-reactive ketones (excluding diaryl/α,β-unsaturated/α-hetero) is 1. The zero-order valence-electron chi connectivity index (χ0n) is 18.0. The first kappa shape index (κ1) is 25.0. The lowest BCUT2D eigenvalue weighted by atomic mass is 9.75. The molecule has 0 saturated heterocycles. The molecule has 0 fully saturated rings. The molecule has 0 spiro atoms. The van der Waals surface area contributed by atoms with Crippen LogP contribution in [0.3, 0.4) is 0 Å². The molecule has 3 N–H and O–H groups in total. The van der Waals surface area contributed by atoms with Gasteiger partial charge in [-0.3, -0.25) is 4.79 Å². The van der Waals surface area contributed by atoms with Crippen LogP contribution in [-0.4, -0.2) is 43.8 Å². The number of rotatable bonds is 12. The number of ketones is 1. The van der Waals surface area contributed by atoms with Crippen molar-refractivity contribution in [1.82, 2.24) is 5.32 Å². The third kappa shape index (κ3) is 8.60. The van der Waals surface area contributed by atoms with Crippen molar-refractivity contribution in [2.45, 2.75) is 74.0 Å². The van der Waals surface area contributed by atoms with E-state index in [2.05, 4.69) is 5.32 Å². The first-order valence-electron chi connectivity index (χ1n) is 9.49. The van der Waals surface area contributed by atoms with Gasteiger partial charge in [0, 0.05) is 31.3 Å². The molecule has 0 aliphatic carbocycles. The molecule has 0 heterocycles. The highest BCUT2D eigenvalue weighted by Crippen LogP contribution is 2.35. The van der Waals surface area contributed by atoms with Crippen molar-refractivity contribution >= 4 is 11.7 Å². The molecule has 0 aromatic rings. The Morgan fingerprint density at radius 2 is 1.58 bits per heavy atom. The summed E-state index contributed by atoms with van der Waals surface area (Å²) in [4.78, 5) is 23.6. The second-order valence-corrected chi connectivity index (χ2v) is 9.00. The van der Waals surface area contributed by atoms with E-state index in [1.165, 1.54) is 0 Å². The van der Waals surface area contributed by atoms with E-state index in [4.69, 9.17) is 15.2 Å². The Morgan fingerprint density at radius 3 is 2.04 bits per heavy atom. The molecule has 0 saturated carbocycles. The van der Waals surface area contributed by atoms with Crippen molar-refractivity contribution < 1.29 is 19.1 Å². The van der Waals surface area contributed by atoms with Gasteiger partial charge in [0.2, 0.25) is 5.91 Å². The number of nitrogens with two attached hydrogens (primary N) is 1. The predicted octanol–water partition coefficient (Wildman–Crippen LogP) is 2.89. The summed E-state index contributed by atoms with van der Waals surface area (Å²) in [5.41, 5.74) is 5.07. The van der Waals surface area contributed by atoms with Crippen molar-refractivity contribution in [2.24, 2.45) is 22.5 Å². The molecule has 0 radical (unpaired) electrons. The van der Waals surface area contributed by atoms with E-state index in [-0.39, 0.29) is 28.4 Å². The molecule has 26 heavy (non-hydrogen) atoms. The Hall–Kier alpha value is -0.980. The molecule has 2 unspecified atom stereocenters. The SMILES string of the molecule is CC(=O)CC(C)C(C)(C)CC(=O)NCCOC(C)(OCCN)C(C)(C)C. The summed E-state index contributed by atoms with van der Waals surface area (Å²) in [5.74, 6) is -0.504. The normalized spacial score (nSPS) is 16.0. The zero-order chi connectivity index (χ0) is 20.6. The van der Waals surface area contributed by atoms with Gasteiger partial charge in [-0.25, -0.2) is 0 Å². The van der Waals surface area contributed by atoms with Crippen molar-refractivity contribution in [1.29, 1.82) is 0 Å². The van der Waals surface area contributed by atoms with Crippen molar-refractivity contribution in [3.8, 4) is 0 Å². The molecule has 154 valence electrons. The highest BCUT2D eigenvalue weighted by atomic mass is 16.7. The number of amides is 1. The molecule has 2 atom stereocenters. The van der Waals surface area contributed by atoms with Crippen LogP contribution in [0, 0.1) is 16.7 Å². The Bertz CT molecular complexity index is 457. The summed E-state index contributed by atoms with van der Waals surface area (Å²) in [7, 11) is 0. The number of carbonyl (C=O) groups excluding carboxylic acids is 2. The topological polar surface area (TPSA) is 90.7 Å². The third-order valence-electron chi connectivity index (χ3n) is 5.20. The molecule has 6 heteroatoms. The maximum absolute atomic E-state index is 12.2. The number of hydrogen-bond acceptors (Lipinski definition) is 5. The van der Waals surface area contributed by atoms with Crippen LogP contribution in [0.2, 0.25) is 0 Å². The van der Waals surface area contributed by atoms with Crippen LogP contribution in [0.1, 0.15) is 68.2 Å². The van der Waals surface area contributed by atoms with E-state index in [9.17, 15) is 9.59 Å². The van der Waals surface area contributed by atoms with Gasteiger partial charge in [-0.2, -0.15) is 0 Å². The van der Waals surface area contributed by atoms with Crippen molar-refractivity contribution in [3.63, 3.8) is 0 Å². The predicted molar refractivity (Wildman–Crippen MR) is 105 cm³/mol. The molecule has 0 aromatic carbocycles. The standard InChI is InChI=1S/C20H40N2O4/c1-15(13-16(2)23)19(6,7)14-17(24)22-10-12-26-20(8,18(3,4)5)25-11-9-21/h15H,9-14,21H2,1-8H3,(H,22,24). The summed E-state index contributed by atoms with van der Waals surface area (Å²) >= 11 is 0. The average Bonchev–Trinajstić information content (AvgIpc) is 2.47. The van der Waals surface area contributed by atoms with E-state index in [0.29, 0.717) is 39.1 Å². The number of carbonyl (C=O) groups is 2. The van der Waals surface area contributed by atoms with Gasteiger partial charge in [0.1, 0.15) is 5.78 Å². The maximum Gasteiger partial charge on any atom is 0.220 e. The Morgan fingerprint density at radius 1 is 1.04 bits per heavy atom. The lowest BCUT2D eigenvalue weighted by Gasteiger charge is -2.41. The summed E-state index contributed by atoms with van der Waals surface area (Å²) in [6, 6.07) is 0. The van der Waals surface area contributed by atoms with Crippen LogP contribution in [0.25, 0.3) is 0 Å². The first-order valence-corrected chi connectivity index (χ1v) is 9.49. The van der Waals surface area contributed by atoms with Crippen molar-refractivity contribution in [3.05, 3.63) is 0 Å². The molecular formula is C20H40N2O4. The minimum Gasteiger partial charge on any atom is -0.354 e. The fraction of sp³-hybridized carbons (Fsp3) is 0.900. The summed E-state index contributed by atoms with van der Waals surface area (Å²) in [6.07, 6.45) is 0.869. The molecule has 1 amide bonds. The minimum atomic E-state index is -0.771. The molecule has 6 nitrogen and oxygen atoms in total. The van der Waals surface area contributed by atoms with Crippen LogP contribution in [0.4, 0.5) is 0 Å². The van der Waals surface area contributed by atoms with Crippen LogP contribution in [0.15, 0.2) is 0 Å². The van der Waals surface area contributed by atoms with Crippen LogP contribution in [-0.2, 0) is 19.1 Å². The van der Waals surface area contributed by atoms with Gasteiger partial charge in [-0.1, -0.05) is 41.5 Å². The lowest BCUT2D eigenvalue weighted by molar-refractivity contribution is -0.275. The highest BCUT2D eigenvalue weighted by Gasteiger charge is 2.39. The van der Waals surface area contributed by atoms with Gasteiger partial charge in [-0.05, 0) is 25.2 Å². The van der Waals surface area contributed by atoms with Gasteiger partial charge in [-0.15, -0.1) is 0 Å². The van der Waals surface area contributed by atoms with Gasteiger partial charge in [0.05, 0.1) is 13.2 Å². The second kappa shape index (κ2) is 10.4. The number of ether oxygens (including phenoxy) is 2. The molecule has 0 aliphatic heterocycles. The van der Waals surface area contributed by atoms with E-state index < -0.39 is 5.79 Å². The fourth-order valence-electron chi connectivity index (χ4n) is 2.52. The molecule has 0 aliphatic rings. The lowest BCUT2D eigenvalue weighted by Crippen LogP contribution is -2.47. The quantitative estimate of drug-likeness (QED) is 0.406. The smallest absolute Gasteiger partial charge is 0.220 e. The largest absolute Gasteiger partial charge is 0.354 e. The number of nitrogens with one attached hydrogen (secondary N) is 1. The van der Waals surface area contributed by atoms with Crippen molar-refractivity contribution in [2.75, 3.05) is 26.3 Å². The van der Waals surface area contributed by atoms with E-state index in [1.54, 1.807) is 6.92 Å². The molecular weight excluding hydrogens is 332 g/mol. The van der Waals surface area contributed by atoms with E-state index in [0.717, 1.165) is 0 Å². The fourth-order valence-corrected chi connectivity index (χ4v) is 2.52. The van der Waals surface area contributed by atoms with Gasteiger partial charge >= 0.3 is 0 Å². The van der Waals surface area contributed by atoms with Crippen LogP contribution >= 0.6 is 0 Å². The molecule has 0 bridgehead atoms. The first-order chi connectivity index (χ1) is 11.7. The summed E-state index contributed by atoms with van der Waals surface area (Å²) < 4.78 is 11.7. The summed E-state index contributed by atoms with van der Waals surface area (Å²) in [6.45, 7) is 17.3. The third-order valence-corrected chi connectivity index (χ3v) is 5.20. The van der Waals surface area contributed by atoms with Crippen LogP contribution < -0.4 is 11.1 Å². The van der Waals surface area contributed by atoms with Gasteiger partial charge < -0.3 is 25.3 Å². The zero-order valence-corrected chi connectivity index (χ0v) is 18.0. The maximum atomic E-state index is 12.2. The van der Waals surface area contributed by atoms with Gasteiger partial charge in [0.15, 0.2) is 5.79 Å². The number of hydrogen-bond donors (Lipinski definition) is 2. The Kier molecular flexibility index (Phi) is 9.99. The molecule has 0 rings (SSSR count).